The van der Waals surface area contributed by atoms with Crippen LogP contribution in [-0.2, 0) is 20.6 Å². The summed E-state index contributed by atoms with van der Waals surface area (Å²) in [6, 6.07) is 4.96. The van der Waals surface area contributed by atoms with Crippen molar-refractivity contribution in [2.45, 2.75) is 46.1 Å². The fraction of sp³-hybridized carbons (Fsp3) is 0.500. The van der Waals surface area contributed by atoms with E-state index < -0.39 is 5.97 Å². The highest BCUT2D eigenvalue weighted by atomic mass is 16.7. The Hall–Kier alpha value is -2.11. The van der Waals surface area contributed by atoms with Crippen molar-refractivity contribution in [2.24, 2.45) is 5.92 Å². The number of allylic oxidation sites excluding steroid dienone is 3. The van der Waals surface area contributed by atoms with Crippen molar-refractivity contribution in [1.29, 1.82) is 0 Å². The number of phenols is 1. The van der Waals surface area contributed by atoms with Crippen LogP contribution in [0.25, 0.3) is 0 Å². The molecule has 0 spiro atoms. The molecule has 150 valence electrons. The molecule has 0 aliphatic carbocycles. The van der Waals surface area contributed by atoms with E-state index in [1.54, 1.807) is 25.3 Å². The lowest BCUT2D eigenvalue weighted by Crippen LogP contribution is -2.25. The summed E-state index contributed by atoms with van der Waals surface area (Å²) in [6.07, 6.45) is 5.68. The first-order valence-corrected chi connectivity index (χ1v) is 9.23. The highest BCUT2D eigenvalue weighted by Crippen LogP contribution is 2.23. The first-order valence-electron chi connectivity index (χ1n) is 9.23. The number of methoxy groups -OCH3 is 1. The molecule has 2 atom stereocenters. The molecule has 1 N–H and O–H groups in total. The first kappa shape index (κ1) is 22.9. The van der Waals surface area contributed by atoms with E-state index in [1.165, 1.54) is 11.6 Å². The Balaban J connectivity index is 2.70. The maximum atomic E-state index is 12.5. The molecule has 0 aromatic heterocycles. The van der Waals surface area contributed by atoms with Gasteiger partial charge in [0.05, 0.1) is 12.7 Å². The largest absolute Gasteiger partial charge is 0.507 e. The van der Waals surface area contributed by atoms with E-state index in [0.717, 1.165) is 6.42 Å². The van der Waals surface area contributed by atoms with Crippen LogP contribution >= 0.6 is 0 Å². The summed E-state index contributed by atoms with van der Waals surface area (Å²) in [5.74, 6) is -0.356. The van der Waals surface area contributed by atoms with Gasteiger partial charge in [0.15, 0.2) is 0 Å². The van der Waals surface area contributed by atoms with E-state index in [-0.39, 0.29) is 36.7 Å². The zero-order chi connectivity index (χ0) is 20.2. The third-order valence-corrected chi connectivity index (χ3v) is 4.27. The van der Waals surface area contributed by atoms with Gasteiger partial charge in [-0.15, -0.1) is 6.58 Å². The molecule has 0 bridgehead atoms. The molecule has 1 aromatic rings. The van der Waals surface area contributed by atoms with Gasteiger partial charge in [-0.05, 0) is 44.2 Å². The number of benzene rings is 1. The Labute approximate surface area is 162 Å². The Bertz CT molecular complexity index is 632. The molecule has 0 aliphatic rings. The van der Waals surface area contributed by atoms with Gasteiger partial charge in [0, 0.05) is 13.5 Å². The maximum Gasteiger partial charge on any atom is 0.342 e. The Morgan fingerprint density at radius 2 is 2.07 bits per heavy atom. The predicted octanol–water partition coefficient (Wildman–Crippen LogP) is 4.65. The number of esters is 1. The van der Waals surface area contributed by atoms with Gasteiger partial charge in [0.25, 0.3) is 0 Å². The average Bonchev–Trinajstić information content (AvgIpc) is 2.62. The van der Waals surface area contributed by atoms with Crippen LogP contribution < -0.4 is 0 Å². The third kappa shape index (κ3) is 7.97. The van der Waals surface area contributed by atoms with Crippen molar-refractivity contribution >= 4 is 5.97 Å². The quantitative estimate of drug-likeness (QED) is 0.327. The normalized spacial score (nSPS) is 12.9. The average molecular weight is 376 g/mol. The van der Waals surface area contributed by atoms with Gasteiger partial charge in [-0.25, -0.2) is 4.79 Å². The number of phenolic OH excluding ortho intramolecular Hbond substituents is 1. The van der Waals surface area contributed by atoms with Gasteiger partial charge in [0.1, 0.15) is 18.1 Å². The molecular weight excluding hydrogens is 344 g/mol. The summed E-state index contributed by atoms with van der Waals surface area (Å²) >= 11 is 0. The molecule has 1 aromatic carbocycles. The molecule has 0 aliphatic heterocycles. The van der Waals surface area contributed by atoms with Gasteiger partial charge >= 0.3 is 5.97 Å². The lowest BCUT2D eigenvalue weighted by atomic mass is 9.97. The van der Waals surface area contributed by atoms with Gasteiger partial charge in [-0.1, -0.05) is 36.8 Å². The zero-order valence-electron chi connectivity index (χ0n) is 16.9. The highest BCUT2D eigenvalue weighted by Gasteiger charge is 2.20. The van der Waals surface area contributed by atoms with Crippen LogP contribution in [0.4, 0.5) is 0 Å². The van der Waals surface area contributed by atoms with E-state index in [2.05, 4.69) is 33.4 Å². The Kier molecular flexibility index (Phi) is 10.5. The van der Waals surface area contributed by atoms with Crippen LogP contribution in [-0.4, -0.2) is 37.7 Å². The van der Waals surface area contributed by atoms with E-state index in [0.29, 0.717) is 18.4 Å². The van der Waals surface area contributed by atoms with Gasteiger partial charge in [0.2, 0.25) is 0 Å². The fourth-order valence-corrected chi connectivity index (χ4v) is 2.75. The second kappa shape index (κ2) is 12.3. The van der Waals surface area contributed by atoms with Crippen LogP contribution in [0, 0.1) is 5.92 Å². The maximum absolute atomic E-state index is 12.5. The van der Waals surface area contributed by atoms with Gasteiger partial charge < -0.3 is 19.3 Å². The minimum atomic E-state index is -0.535. The summed E-state index contributed by atoms with van der Waals surface area (Å²) < 4.78 is 16.2. The standard InChI is InChI=1S/C22H32O5/c1-6-8-18-9-7-10-19(23)21(18)22(24)26-14-13-20(27-15-25-5)17(4)12-11-16(2)3/h6-7,9-11,17,20,23H,1,8,12-15H2,2-5H3. The summed E-state index contributed by atoms with van der Waals surface area (Å²) in [6.45, 7) is 10.3. The number of rotatable bonds is 12. The van der Waals surface area contributed by atoms with E-state index in [4.69, 9.17) is 14.2 Å². The molecule has 5 nitrogen and oxygen atoms in total. The fourth-order valence-electron chi connectivity index (χ4n) is 2.75. The van der Waals surface area contributed by atoms with Crippen molar-refractivity contribution in [3.05, 3.63) is 53.6 Å². The van der Waals surface area contributed by atoms with Crippen molar-refractivity contribution < 1.29 is 24.1 Å². The summed E-state index contributed by atoms with van der Waals surface area (Å²) in [7, 11) is 1.58. The number of carbonyl (C=O) groups excluding carboxylic acids is 1. The van der Waals surface area contributed by atoms with Crippen molar-refractivity contribution in [1.82, 2.24) is 0 Å². The molecule has 1 rings (SSSR count). The second-order valence-electron chi connectivity index (χ2n) is 6.83. The van der Waals surface area contributed by atoms with E-state index >= 15 is 0 Å². The van der Waals surface area contributed by atoms with Crippen LogP contribution in [0.3, 0.4) is 0 Å². The number of aromatic hydroxyl groups is 1. The van der Waals surface area contributed by atoms with Crippen LogP contribution in [0.5, 0.6) is 5.75 Å². The summed E-state index contributed by atoms with van der Waals surface area (Å²) in [4.78, 5) is 12.5. The molecule has 5 heteroatoms. The SMILES string of the molecule is C=CCc1cccc(O)c1C(=O)OCCC(OCOC)C(C)CC=C(C)C. The monoisotopic (exact) mass is 376 g/mol. The molecule has 0 amide bonds. The lowest BCUT2D eigenvalue weighted by Gasteiger charge is -2.23. The van der Waals surface area contributed by atoms with Gasteiger partial charge in [-0.2, -0.15) is 0 Å². The Morgan fingerprint density at radius 1 is 1.33 bits per heavy atom. The third-order valence-electron chi connectivity index (χ3n) is 4.27. The molecule has 0 radical (unpaired) electrons. The number of carbonyl (C=O) groups is 1. The molecular formula is C22H32O5. The zero-order valence-corrected chi connectivity index (χ0v) is 16.9. The molecule has 27 heavy (non-hydrogen) atoms. The first-order chi connectivity index (χ1) is 12.9. The minimum Gasteiger partial charge on any atom is -0.507 e. The molecule has 0 heterocycles. The number of hydrogen-bond acceptors (Lipinski definition) is 5. The van der Waals surface area contributed by atoms with Crippen LogP contribution in [0.15, 0.2) is 42.5 Å². The second-order valence-corrected chi connectivity index (χ2v) is 6.83. The molecule has 0 saturated carbocycles. The van der Waals surface area contributed by atoms with Crippen molar-refractivity contribution in [3.8, 4) is 5.75 Å². The molecule has 2 unspecified atom stereocenters. The van der Waals surface area contributed by atoms with E-state index in [1.807, 2.05) is 0 Å². The summed E-state index contributed by atoms with van der Waals surface area (Å²) in [5, 5.41) is 10.0. The minimum absolute atomic E-state index is 0.0801. The number of hydrogen-bond donors (Lipinski definition) is 1. The van der Waals surface area contributed by atoms with Gasteiger partial charge in [-0.3, -0.25) is 0 Å². The number of ether oxygens (including phenoxy) is 3. The molecule has 0 fully saturated rings. The van der Waals surface area contributed by atoms with Crippen molar-refractivity contribution in [3.63, 3.8) is 0 Å². The van der Waals surface area contributed by atoms with Crippen LogP contribution in [0.1, 0.15) is 49.5 Å². The molecule has 0 saturated heterocycles. The topological polar surface area (TPSA) is 65.0 Å². The predicted molar refractivity (Wildman–Crippen MR) is 107 cm³/mol. The highest BCUT2D eigenvalue weighted by molar-refractivity contribution is 5.94. The smallest absolute Gasteiger partial charge is 0.342 e. The lowest BCUT2D eigenvalue weighted by molar-refractivity contribution is -0.0950. The van der Waals surface area contributed by atoms with Crippen LogP contribution in [0.2, 0.25) is 0 Å². The van der Waals surface area contributed by atoms with E-state index in [9.17, 15) is 9.90 Å². The van der Waals surface area contributed by atoms with Crippen molar-refractivity contribution in [2.75, 3.05) is 20.5 Å². The summed E-state index contributed by atoms with van der Waals surface area (Å²) in [5.41, 5.74) is 2.15. The Morgan fingerprint density at radius 3 is 2.70 bits per heavy atom.